The second-order valence-corrected chi connectivity index (χ2v) is 3.60. The van der Waals surface area contributed by atoms with Crippen LogP contribution in [0.2, 0.25) is 0 Å². The minimum atomic E-state index is -1.03. The molecule has 0 aliphatic heterocycles. The molecule has 0 aliphatic rings. The summed E-state index contributed by atoms with van der Waals surface area (Å²) in [6.07, 6.45) is 2.69. The molecule has 0 aliphatic carbocycles. The highest BCUT2D eigenvalue weighted by Crippen LogP contribution is 2.16. The zero-order valence-electron chi connectivity index (χ0n) is 7.21. The molecule has 1 aromatic rings. The maximum Gasteiger partial charge on any atom is 0.327 e. The van der Waals surface area contributed by atoms with E-state index in [0.717, 1.165) is 10.5 Å². The first-order chi connectivity index (χ1) is 6.59. The van der Waals surface area contributed by atoms with E-state index in [-0.39, 0.29) is 12.2 Å². The Morgan fingerprint density at radius 3 is 2.93 bits per heavy atom. The third-order valence-electron chi connectivity index (χ3n) is 1.61. The molecule has 0 spiro atoms. The van der Waals surface area contributed by atoms with Gasteiger partial charge in [-0.05, 0) is 30.2 Å². The van der Waals surface area contributed by atoms with Crippen LogP contribution in [0.5, 0.6) is 0 Å². The van der Waals surface area contributed by atoms with Gasteiger partial charge in [-0.15, -0.1) is 0 Å². The molecule has 0 bridgehead atoms. The van der Waals surface area contributed by atoms with Gasteiger partial charge in [0.05, 0.1) is 0 Å². The van der Waals surface area contributed by atoms with Crippen molar-refractivity contribution >= 4 is 21.9 Å². The van der Waals surface area contributed by atoms with Gasteiger partial charge >= 0.3 is 5.97 Å². The number of carboxylic acid groups (broad SMARTS) is 1. The molecule has 74 valence electrons. The molecular formula is C10H8BrFO2. The Labute approximate surface area is 89.2 Å². The zero-order chi connectivity index (χ0) is 10.6. The van der Waals surface area contributed by atoms with Crippen molar-refractivity contribution in [3.05, 3.63) is 46.2 Å². The van der Waals surface area contributed by atoms with Gasteiger partial charge in [-0.25, -0.2) is 9.18 Å². The summed E-state index contributed by atoms with van der Waals surface area (Å²) in [4.78, 5) is 10.2. The van der Waals surface area contributed by atoms with Crippen LogP contribution in [-0.4, -0.2) is 11.1 Å². The molecular weight excluding hydrogens is 251 g/mol. The third-order valence-corrected chi connectivity index (χ3v) is 2.10. The molecule has 0 fully saturated rings. The van der Waals surface area contributed by atoms with Crippen molar-refractivity contribution in [2.24, 2.45) is 0 Å². The van der Waals surface area contributed by atoms with Crippen molar-refractivity contribution in [3.8, 4) is 0 Å². The standard InChI is InChI=1S/C10H8BrFO2/c11-8-4-5-9(12)7(6-8)2-1-3-10(13)14/h1,3-6H,2H2,(H,13,14)/b3-1+. The topological polar surface area (TPSA) is 37.3 Å². The molecule has 0 saturated carbocycles. The van der Waals surface area contributed by atoms with Crippen molar-refractivity contribution < 1.29 is 14.3 Å². The van der Waals surface area contributed by atoms with Crippen molar-refractivity contribution in [3.63, 3.8) is 0 Å². The van der Waals surface area contributed by atoms with Gasteiger partial charge in [0.15, 0.2) is 0 Å². The molecule has 4 heteroatoms. The summed E-state index contributed by atoms with van der Waals surface area (Å²) in [6.45, 7) is 0. The van der Waals surface area contributed by atoms with Crippen LogP contribution in [0.4, 0.5) is 4.39 Å². The van der Waals surface area contributed by atoms with Gasteiger partial charge in [-0.2, -0.15) is 0 Å². The number of rotatable bonds is 3. The molecule has 2 nitrogen and oxygen atoms in total. The Hall–Kier alpha value is -1.16. The second kappa shape index (κ2) is 4.91. The summed E-state index contributed by atoms with van der Waals surface area (Å²) in [7, 11) is 0. The average Bonchev–Trinajstić information content (AvgIpc) is 2.10. The summed E-state index contributed by atoms with van der Waals surface area (Å²) < 4.78 is 13.9. The fourth-order valence-corrected chi connectivity index (χ4v) is 1.39. The smallest absolute Gasteiger partial charge is 0.327 e. The molecule has 1 N–H and O–H groups in total. The van der Waals surface area contributed by atoms with Crippen LogP contribution in [0.15, 0.2) is 34.8 Å². The number of allylic oxidation sites excluding steroid dienone is 1. The van der Waals surface area contributed by atoms with Crippen LogP contribution in [0.3, 0.4) is 0 Å². The lowest BCUT2D eigenvalue weighted by molar-refractivity contribution is -0.131. The summed E-state index contributed by atoms with van der Waals surface area (Å²) in [5, 5.41) is 8.33. The predicted octanol–water partition coefficient (Wildman–Crippen LogP) is 2.77. The lowest BCUT2D eigenvalue weighted by atomic mass is 10.1. The van der Waals surface area contributed by atoms with Gasteiger partial charge < -0.3 is 5.11 Å². The minimum absolute atomic E-state index is 0.275. The number of carbonyl (C=O) groups is 1. The van der Waals surface area contributed by atoms with E-state index in [2.05, 4.69) is 15.9 Å². The van der Waals surface area contributed by atoms with E-state index in [1.54, 1.807) is 12.1 Å². The number of carboxylic acids is 1. The predicted molar refractivity (Wildman–Crippen MR) is 54.6 cm³/mol. The highest BCUT2D eigenvalue weighted by Gasteiger charge is 2.00. The van der Waals surface area contributed by atoms with Crippen LogP contribution >= 0.6 is 15.9 Å². The van der Waals surface area contributed by atoms with E-state index in [1.807, 2.05) is 0 Å². The monoisotopic (exact) mass is 258 g/mol. The molecule has 0 atom stereocenters. The summed E-state index contributed by atoms with van der Waals surface area (Å²) in [5.74, 6) is -1.36. The van der Waals surface area contributed by atoms with E-state index in [1.165, 1.54) is 12.1 Å². The van der Waals surface area contributed by atoms with Crippen LogP contribution in [-0.2, 0) is 11.2 Å². The number of aliphatic carboxylic acids is 1. The maximum atomic E-state index is 13.1. The first-order valence-electron chi connectivity index (χ1n) is 3.93. The molecule has 14 heavy (non-hydrogen) atoms. The highest BCUT2D eigenvalue weighted by atomic mass is 79.9. The molecule has 0 aromatic heterocycles. The normalized spacial score (nSPS) is 10.7. The Bertz CT molecular complexity index is 374. The van der Waals surface area contributed by atoms with Gasteiger partial charge in [0.25, 0.3) is 0 Å². The van der Waals surface area contributed by atoms with Crippen molar-refractivity contribution in [1.82, 2.24) is 0 Å². The second-order valence-electron chi connectivity index (χ2n) is 2.68. The van der Waals surface area contributed by atoms with Gasteiger partial charge in [0, 0.05) is 10.5 Å². The van der Waals surface area contributed by atoms with Gasteiger partial charge in [-0.3, -0.25) is 0 Å². The molecule has 0 saturated heterocycles. The average molecular weight is 259 g/mol. The minimum Gasteiger partial charge on any atom is -0.478 e. The van der Waals surface area contributed by atoms with Crippen molar-refractivity contribution in [2.75, 3.05) is 0 Å². The van der Waals surface area contributed by atoms with Crippen LogP contribution in [0.1, 0.15) is 5.56 Å². The summed E-state index contributed by atoms with van der Waals surface area (Å²) in [6, 6.07) is 4.56. The number of hydrogen-bond donors (Lipinski definition) is 1. The van der Waals surface area contributed by atoms with Gasteiger partial charge in [-0.1, -0.05) is 22.0 Å². The Morgan fingerprint density at radius 2 is 2.29 bits per heavy atom. The highest BCUT2D eigenvalue weighted by molar-refractivity contribution is 9.10. The van der Waals surface area contributed by atoms with Crippen LogP contribution in [0.25, 0.3) is 0 Å². The lowest BCUT2D eigenvalue weighted by Crippen LogP contribution is -1.90. The fraction of sp³-hybridized carbons (Fsp3) is 0.100. The van der Waals surface area contributed by atoms with E-state index >= 15 is 0 Å². The van der Waals surface area contributed by atoms with Crippen LogP contribution in [0, 0.1) is 5.82 Å². The Kier molecular flexibility index (Phi) is 3.83. The van der Waals surface area contributed by atoms with E-state index < -0.39 is 5.97 Å². The SMILES string of the molecule is O=C(O)/C=C/Cc1cc(Br)ccc1F. The maximum absolute atomic E-state index is 13.1. The number of halogens is 2. The Balaban J connectivity index is 2.76. The molecule has 0 unspecified atom stereocenters. The van der Waals surface area contributed by atoms with E-state index in [4.69, 9.17) is 5.11 Å². The molecule has 0 amide bonds. The summed E-state index contributed by atoms with van der Waals surface area (Å²) >= 11 is 3.21. The van der Waals surface area contributed by atoms with Crippen LogP contribution < -0.4 is 0 Å². The molecule has 0 heterocycles. The quantitative estimate of drug-likeness (QED) is 0.847. The fourth-order valence-electron chi connectivity index (χ4n) is 0.986. The van der Waals surface area contributed by atoms with Gasteiger partial charge in [0.2, 0.25) is 0 Å². The van der Waals surface area contributed by atoms with Crippen molar-refractivity contribution in [1.29, 1.82) is 0 Å². The number of hydrogen-bond acceptors (Lipinski definition) is 1. The number of benzene rings is 1. The first kappa shape index (κ1) is 10.9. The van der Waals surface area contributed by atoms with E-state index in [9.17, 15) is 9.18 Å². The lowest BCUT2D eigenvalue weighted by Gasteiger charge is -1.99. The molecule has 1 rings (SSSR count). The van der Waals surface area contributed by atoms with E-state index in [0.29, 0.717) is 5.56 Å². The Morgan fingerprint density at radius 1 is 1.57 bits per heavy atom. The molecule has 0 radical (unpaired) electrons. The zero-order valence-corrected chi connectivity index (χ0v) is 8.79. The first-order valence-corrected chi connectivity index (χ1v) is 4.72. The summed E-state index contributed by atoms with van der Waals surface area (Å²) in [5.41, 5.74) is 0.469. The third kappa shape index (κ3) is 3.30. The largest absolute Gasteiger partial charge is 0.478 e. The molecule has 1 aromatic carbocycles. The van der Waals surface area contributed by atoms with Crippen molar-refractivity contribution in [2.45, 2.75) is 6.42 Å². The van der Waals surface area contributed by atoms with Gasteiger partial charge in [0.1, 0.15) is 5.82 Å².